The lowest BCUT2D eigenvalue weighted by atomic mass is 10.0. The van der Waals surface area contributed by atoms with Crippen LogP contribution in [0.1, 0.15) is 23.7 Å². The van der Waals surface area contributed by atoms with E-state index >= 15 is 0 Å². The highest BCUT2D eigenvalue weighted by molar-refractivity contribution is 5.94. The van der Waals surface area contributed by atoms with Gasteiger partial charge in [-0.05, 0) is 41.8 Å². The highest BCUT2D eigenvalue weighted by Crippen LogP contribution is 2.24. The smallest absolute Gasteiger partial charge is 0.253 e. The molecular weight excluding hydrogens is 338 g/mol. The van der Waals surface area contributed by atoms with Gasteiger partial charge in [-0.15, -0.1) is 0 Å². The average Bonchev–Trinajstić information content (AvgIpc) is 2.94. The highest BCUT2D eigenvalue weighted by Gasteiger charge is 2.21. The predicted octanol–water partition coefficient (Wildman–Crippen LogP) is 3.11. The van der Waals surface area contributed by atoms with Crippen molar-refractivity contribution >= 4 is 17.5 Å². The van der Waals surface area contributed by atoms with Crippen LogP contribution in [0.25, 0.3) is 11.1 Å². The minimum absolute atomic E-state index is 0.0361. The van der Waals surface area contributed by atoms with Crippen molar-refractivity contribution in [1.29, 1.82) is 0 Å². The zero-order valence-electron chi connectivity index (χ0n) is 16.3. The molecule has 1 aliphatic heterocycles. The van der Waals surface area contributed by atoms with Gasteiger partial charge in [-0.3, -0.25) is 9.59 Å². The van der Waals surface area contributed by atoms with E-state index in [1.54, 1.807) is 6.92 Å². The minimum atomic E-state index is 0.0361. The first kappa shape index (κ1) is 19.0. The van der Waals surface area contributed by atoms with Crippen molar-refractivity contribution < 1.29 is 9.59 Å². The molecule has 0 radical (unpaired) electrons. The van der Waals surface area contributed by atoms with E-state index in [1.807, 2.05) is 54.2 Å². The van der Waals surface area contributed by atoms with E-state index in [1.165, 1.54) is 0 Å². The van der Waals surface area contributed by atoms with E-state index in [0.29, 0.717) is 25.2 Å². The molecular formula is C22H27N3O2. The van der Waals surface area contributed by atoms with Crippen LogP contribution in [-0.2, 0) is 4.79 Å². The second-order valence-electron chi connectivity index (χ2n) is 7.17. The molecule has 2 amide bonds. The maximum Gasteiger partial charge on any atom is 0.253 e. The molecule has 1 heterocycles. The Morgan fingerprint density at radius 3 is 2.19 bits per heavy atom. The van der Waals surface area contributed by atoms with Gasteiger partial charge in [0.2, 0.25) is 5.91 Å². The molecule has 0 saturated carbocycles. The fourth-order valence-corrected chi connectivity index (χ4v) is 3.39. The molecule has 1 aliphatic rings. The molecule has 5 heteroatoms. The Labute approximate surface area is 161 Å². The van der Waals surface area contributed by atoms with Gasteiger partial charge >= 0.3 is 0 Å². The van der Waals surface area contributed by atoms with E-state index in [-0.39, 0.29) is 11.8 Å². The standard InChI is InChI=1S/C22H27N3O2/c1-17(26)24-12-5-13-25(15-14-24)22(27)19-10-8-18(9-11-19)20-6-4-7-21(16-20)23(2)3/h4,6-11,16H,5,12-15H2,1-3H3. The van der Waals surface area contributed by atoms with Crippen LogP contribution in [0.5, 0.6) is 0 Å². The molecule has 27 heavy (non-hydrogen) atoms. The van der Waals surface area contributed by atoms with Crippen LogP contribution in [0, 0.1) is 0 Å². The van der Waals surface area contributed by atoms with Crippen LogP contribution in [0.15, 0.2) is 48.5 Å². The maximum atomic E-state index is 12.8. The number of hydrogen-bond donors (Lipinski definition) is 0. The zero-order valence-corrected chi connectivity index (χ0v) is 16.3. The Kier molecular flexibility index (Phi) is 5.79. The summed E-state index contributed by atoms with van der Waals surface area (Å²) >= 11 is 0. The van der Waals surface area contributed by atoms with Crippen LogP contribution in [0.4, 0.5) is 5.69 Å². The van der Waals surface area contributed by atoms with Gasteiger partial charge in [0.05, 0.1) is 0 Å². The Hall–Kier alpha value is -2.82. The summed E-state index contributed by atoms with van der Waals surface area (Å²) in [7, 11) is 4.05. The van der Waals surface area contributed by atoms with Gasteiger partial charge in [-0.2, -0.15) is 0 Å². The summed E-state index contributed by atoms with van der Waals surface area (Å²) in [6.07, 6.45) is 0.820. The van der Waals surface area contributed by atoms with Crippen molar-refractivity contribution in [3.8, 4) is 11.1 Å². The SMILES string of the molecule is CC(=O)N1CCCN(C(=O)c2ccc(-c3cccc(N(C)C)c3)cc2)CC1. The van der Waals surface area contributed by atoms with Gasteiger partial charge in [0.15, 0.2) is 0 Å². The normalized spacial score (nSPS) is 14.6. The molecule has 1 saturated heterocycles. The number of carbonyl (C=O) groups excluding carboxylic acids is 2. The van der Waals surface area contributed by atoms with Crippen LogP contribution >= 0.6 is 0 Å². The Balaban J connectivity index is 1.72. The summed E-state index contributed by atoms with van der Waals surface area (Å²) in [4.78, 5) is 30.1. The molecule has 0 N–H and O–H groups in total. The van der Waals surface area contributed by atoms with Crippen molar-refractivity contribution in [3.05, 3.63) is 54.1 Å². The molecule has 0 spiro atoms. The van der Waals surface area contributed by atoms with Gasteiger partial charge in [0, 0.05) is 58.4 Å². The second kappa shape index (κ2) is 8.25. The summed E-state index contributed by atoms with van der Waals surface area (Å²) in [6, 6.07) is 16.1. The van der Waals surface area contributed by atoms with Gasteiger partial charge < -0.3 is 14.7 Å². The van der Waals surface area contributed by atoms with Crippen LogP contribution in [0.2, 0.25) is 0 Å². The van der Waals surface area contributed by atoms with Crippen LogP contribution in [0.3, 0.4) is 0 Å². The first-order chi connectivity index (χ1) is 13.0. The number of carbonyl (C=O) groups is 2. The molecule has 0 atom stereocenters. The van der Waals surface area contributed by atoms with E-state index < -0.39 is 0 Å². The summed E-state index contributed by atoms with van der Waals surface area (Å²) in [6.45, 7) is 4.19. The molecule has 0 bridgehead atoms. The molecule has 5 nitrogen and oxygen atoms in total. The third-order valence-corrected chi connectivity index (χ3v) is 5.06. The fraction of sp³-hybridized carbons (Fsp3) is 0.364. The monoisotopic (exact) mass is 365 g/mol. The van der Waals surface area contributed by atoms with Gasteiger partial charge in [0.1, 0.15) is 0 Å². The molecule has 1 fully saturated rings. The lowest BCUT2D eigenvalue weighted by Crippen LogP contribution is -2.36. The highest BCUT2D eigenvalue weighted by atomic mass is 16.2. The summed E-state index contributed by atoms with van der Waals surface area (Å²) < 4.78 is 0. The molecule has 0 unspecified atom stereocenters. The number of nitrogens with zero attached hydrogens (tertiary/aromatic N) is 3. The van der Waals surface area contributed by atoms with Gasteiger partial charge in [-0.25, -0.2) is 0 Å². The summed E-state index contributed by atoms with van der Waals surface area (Å²) in [5, 5.41) is 0. The van der Waals surface area contributed by atoms with Crippen LogP contribution < -0.4 is 4.90 Å². The Morgan fingerprint density at radius 1 is 0.852 bits per heavy atom. The maximum absolute atomic E-state index is 12.8. The number of anilines is 1. The topological polar surface area (TPSA) is 43.9 Å². The Morgan fingerprint density at radius 2 is 1.52 bits per heavy atom. The van der Waals surface area contributed by atoms with E-state index in [4.69, 9.17) is 0 Å². The quantitative estimate of drug-likeness (QED) is 0.839. The summed E-state index contributed by atoms with van der Waals surface area (Å²) in [5.41, 5.74) is 4.06. The molecule has 0 aromatic heterocycles. The lowest BCUT2D eigenvalue weighted by Gasteiger charge is -2.21. The van der Waals surface area contributed by atoms with E-state index in [0.717, 1.165) is 29.8 Å². The Bertz CT molecular complexity index is 815. The third-order valence-electron chi connectivity index (χ3n) is 5.06. The second-order valence-corrected chi connectivity index (χ2v) is 7.17. The van der Waals surface area contributed by atoms with Crippen molar-refractivity contribution in [2.24, 2.45) is 0 Å². The first-order valence-electron chi connectivity index (χ1n) is 9.38. The fourth-order valence-electron chi connectivity index (χ4n) is 3.39. The van der Waals surface area contributed by atoms with Gasteiger partial charge in [0.25, 0.3) is 5.91 Å². The third kappa shape index (κ3) is 4.48. The molecule has 2 aromatic carbocycles. The lowest BCUT2D eigenvalue weighted by molar-refractivity contribution is -0.128. The van der Waals surface area contributed by atoms with E-state index in [9.17, 15) is 9.59 Å². The van der Waals surface area contributed by atoms with Gasteiger partial charge in [-0.1, -0.05) is 24.3 Å². The molecule has 2 aromatic rings. The molecule has 3 rings (SSSR count). The molecule has 0 aliphatic carbocycles. The van der Waals surface area contributed by atoms with Crippen molar-refractivity contribution in [1.82, 2.24) is 9.80 Å². The number of amides is 2. The number of rotatable bonds is 3. The molecule has 142 valence electrons. The first-order valence-corrected chi connectivity index (χ1v) is 9.38. The number of benzene rings is 2. The largest absolute Gasteiger partial charge is 0.378 e. The van der Waals surface area contributed by atoms with Crippen molar-refractivity contribution in [3.63, 3.8) is 0 Å². The summed E-state index contributed by atoms with van der Waals surface area (Å²) in [5.74, 6) is 0.114. The van der Waals surface area contributed by atoms with Crippen molar-refractivity contribution in [2.45, 2.75) is 13.3 Å². The van der Waals surface area contributed by atoms with Crippen LogP contribution in [-0.4, -0.2) is 61.9 Å². The zero-order chi connectivity index (χ0) is 19.4. The average molecular weight is 365 g/mol. The predicted molar refractivity (Wildman–Crippen MR) is 109 cm³/mol. The number of hydrogen-bond acceptors (Lipinski definition) is 3. The van der Waals surface area contributed by atoms with Crippen molar-refractivity contribution in [2.75, 3.05) is 45.2 Å². The minimum Gasteiger partial charge on any atom is -0.378 e. The van der Waals surface area contributed by atoms with E-state index in [2.05, 4.69) is 23.1 Å².